The van der Waals surface area contributed by atoms with Crippen molar-refractivity contribution in [3.8, 4) is 0 Å². The van der Waals surface area contributed by atoms with Crippen LogP contribution in [-0.2, 0) is 21.3 Å². The predicted molar refractivity (Wildman–Crippen MR) is 81.3 cm³/mol. The molecule has 1 heterocycles. The molecule has 2 nitrogen and oxygen atoms in total. The molecule has 1 saturated heterocycles. The fraction of sp³-hybridized carbons (Fsp3) is 1.00. The van der Waals surface area contributed by atoms with Gasteiger partial charge < -0.3 is 9.47 Å². The Balaban J connectivity index is 3.01. The number of ether oxygens (including phenoxy) is 2. The Hall–Kier alpha value is 0.920. The summed E-state index contributed by atoms with van der Waals surface area (Å²) in [7, 11) is 0. The third-order valence-corrected chi connectivity index (χ3v) is 8.47. The zero-order chi connectivity index (χ0) is 13.4. The zero-order valence-electron chi connectivity index (χ0n) is 11.6. The van der Waals surface area contributed by atoms with Crippen molar-refractivity contribution >= 4 is 29.3 Å². The number of thiol groups is 1. The molecule has 0 saturated carbocycles. The van der Waals surface area contributed by atoms with E-state index in [2.05, 4.69) is 41.5 Å². The molecule has 0 aromatic rings. The van der Waals surface area contributed by atoms with Crippen molar-refractivity contribution in [3.63, 3.8) is 0 Å². The summed E-state index contributed by atoms with van der Waals surface area (Å²) >= 11 is 10.5. The Kier molecular flexibility index (Phi) is 5.56. The number of hydrogen-bond donors (Lipinski definition) is 1. The molecule has 1 rings (SSSR count). The first-order valence-electron chi connectivity index (χ1n) is 6.31. The van der Waals surface area contributed by atoms with Crippen LogP contribution in [0.25, 0.3) is 0 Å². The molecule has 102 valence electrons. The number of rotatable bonds is 3. The molecule has 0 amide bonds. The lowest BCUT2D eigenvalue weighted by Crippen LogP contribution is -2.43. The van der Waals surface area contributed by atoms with Gasteiger partial charge in [-0.3, -0.25) is 0 Å². The van der Waals surface area contributed by atoms with Gasteiger partial charge in [0.25, 0.3) is 0 Å². The van der Waals surface area contributed by atoms with E-state index in [4.69, 9.17) is 33.5 Å². The van der Waals surface area contributed by atoms with E-state index >= 15 is 0 Å². The maximum atomic E-state index is 6.05. The van der Waals surface area contributed by atoms with Gasteiger partial charge in [-0.15, -0.1) is 12.2 Å². The van der Waals surface area contributed by atoms with Crippen LogP contribution in [-0.4, -0.2) is 18.0 Å². The Bertz CT molecular complexity index is 283. The van der Waals surface area contributed by atoms with Crippen LogP contribution in [0.15, 0.2) is 0 Å². The molecule has 5 heteroatoms. The second-order valence-corrected chi connectivity index (χ2v) is 12.8. The van der Waals surface area contributed by atoms with E-state index in [1.54, 1.807) is 0 Å². The maximum absolute atomic E-state index is 6.05. The standard InChI is InChI=1S/C12H25O2PS2/c1-7(2)10-13-11(8(3)4)15(16,17)12(14-10)9(5)6/h7-12H,1-6H3,(H,16,17). The third-order valence-electron chi connectivity index (χ3n) is 2.96. The molecule has 0 aromatic heterocycles. The molecule has 0 N–H and O–H groups in total. The molecule has 0 aliphatic carbocycles. The van der Waals surface area contributed by atoms with Crippen LogP contribution < -0.4 is 0 Å². The van der Waals surface area contributed by atoms with Crippen molar-refractivity contribution in [1.82, 2.24) is 0 Å². The van der Waals surface area contributed by atoms with E-state index in [0.29, 0.717) is 17.8 Å². The molecule has 1 fully saturated rings. The van der Waals surface area contributed by atoms with Gasteiger partial charge in [0, 0.05) is 5.92 Å². The zero-order valence-corrected chi connectivity index (χ0v) is 14.2. The van der Waals surface area contributed by atoms with Gasteiger partial charge in [-0.05, 0) is 11.8 Å². The molecule has 2 atom stereocenters. The lowest BCUT2D eigenvalue weighted by atomic mass is 10.2. The Morgan fingerprint density at radius 1 is 0.882 bits per heavy atom. The summed E-state index contributed by atoms with van der Waals surface area (Å²) in [6, 6.07) is 0. The summed E-state index contributed by atoms with van der Waals surface area (Å²) in [5, 5.41) is -1.91. The third kappa shape index (κ3) is 3.48. The summed E-state index contributed by atoms with van der Waals surface area (Å²) in [6.45, 7) is 12.9. The summed E-state index contributed by atoms with van der Waals surface area (Å²) in [5.41, 5.74) is 0. The first kappa shape index (κ1) is 16.0. The van der Waals surface area contributed by atoms with Gasteiger partial charge in [-0.25, -0.2) is 0 Å². The summed E-state index contributed by atoms with van der Waals surface area (Å²) in [5.74, 6) is 1.26. The monoisotopic (exact) mass is 296 g/mol. The van der Waals surface area contributed by atoms with Crippen LogP contribution in [0.4, 0.5) is 0 Å². The summed E-state index contributed by atoms with van der Waals surface area (Å²) in [6.07, 6.45) is -0.141. The van der Waals surface area contributed by atoms with Gasteiger partial charge >= 0.3 is 0 Å². The first-order chi connectivity index (χ1) is 7.67. The predicted octanol–water partition coefficient (Wildman–Crippen LogP) is 4.30. The minimum absolute atomic E-state index is 0.0642. The lowest BCUT2D eigenvalue weighted by molar-refractivity contribution is -0.210. The average Bonchev–Trinajstić information content (AvgIpc) is 2.14. The molecule has 0 bridgehead atoms. The lowest BCUT2D eigenvalue weighted by Gasteiger charge is -2.46. The van der Waals surface area contributed by atoms with E-state index in [0.717, 1.165) is 0 Å². The Morgan fingerprint density at radius 3 is 1.47 bits per heavy atom. The van der Waals surface area contributed by atoms with Gasteiger partial charge in [0.1, 0.15) is 11.7 Å². The highest BCUT2D eigenvalue weighted by atomic mass is 32.9. The first-order valence-corrected chi connectivity index (χ1v) is 10.4. The van der Waals surface area contributed by atoms with Crippen molar-refractivity contribution < 1.29 is 9.47 Å². The Labute approximate surface area is 116 Å². The van der Waals surface area contributed by atoms with Gasteiger partial charge in [0.15, 0.2) is 6.29 Å². The highest BCUT2D eigenvalue weighted by Gasteiger charge is 2.45. The van der Waals surface area contributed by atoms with Gasteiger partial charge in [-0.1, -0.05) is 53.3 Å². The van der Waals surface area contributed by atoms with Gasteiger partial charge in [0.05, 0.1) is 5.24 Å². The molecule has 0 aromatic carbocycles. The van der Waals surface area contributed by atoms with Crippen molar-refractivity contribution in [2.45, 2.75) is 59.5 Å². The molecule has 2 unspecified atom stereocenters. The largest absolute Gasteiger partial charge is 0.343 e. The quantitative estimate of drug-likeness (QED) is 0.618. The van der Waals surface area contributed by atoms with Crippen molar-refractivity contribution in [2.75, 3.05) is 0 Å². The highest BCUT2D eigenvalue weighted by Crippen LogP contribution is 2.67. The molecule has 17 heavy (non-hydrogen) atoms. The second kappa shape index (κ2) is 5.92. The van der Waals surface area contributed by atoms with Crippen LogP contribution in [0.1, 0.15) is 41.5 Å². The molecule has 1 aliphatic rings. The Morgan fingerprint density at radius 2 is 1.24 bits per heavy atom. The molecular weight excluding hydrogens is 271 g/mol. The van der Waals surface area contributed by atoms with E-state index in [1.165, 1.54) is 0 Å². The van der Waals surface area contributed by atoms with E-state index in [1.807, 2.05) is 0 Å². The fourth-order valence-corrected chi connectivity index (χ4v) is 8.38. The SMILES string of the molecule is CC(C)C1OC(C(C)C)P(=S)(S)C(C(C)C)O1. The topological polar surface area (TPSA) is 18.5 Å². The molecule has 1 aliphatic heterocycles. The summed E-state index contributed by atoms with van der Waals surface area (Å²) < 4.78 is 12.1. The van der Waals surface area contributed by atoms with Crippen LogP contribution in [0, 0.1) is 17.8 Å². The van der Waals surface area contributed by atoms with Gasteiger partial charge in [-0.2, -0.15) is 0 Å². The highest BCUT2D eigenvalue weighted by molar-refractivity contribution is 8.63. The second-order valence-electron chi connectivity index (χ2n) is 5.83. The van der Waals surface area contributed by atoms with Crippen LogP contribution in [0.3, 0.4) is 0 Å². The maximum Gasteiger partial charge on any atom is 0.161 e. The van der Waals surface area contributed by atoms with E-state index in [9.17, 15) is 0 Å². The summed E-state index contributed by atoms with van der Waals surface area (Å²) in [4.78, 5) is 0. The van der Waals surface area contributed by atoms with Crippen molar-refractivity contribution in [1.29, 1.82) is 0 Å². The van der Waals surface area contributed by atoms with Crippen LogP contribution in [0.2, 0.25) is 0 Å². The van der Waals surface area contributed by atoms with Crippen LogP contribution >= 0.6 is 17.5 Å². The minimum Gasteiger partial charge on any atom is -0.343 e. The minimum atomic E-state index is -1.91. The average molecular weight is 296 g/mol. The van der Waals surface area contributed by atoms with E-state index < -0.39 is 5.24 Å². The van der Waals surface area contributed by atoms with Crippen molar-refractivity contribution in [3.05, 3.63) is 0 Å². The number of hydrogen-bond acceptors (Lipinski definition) is 3. The van der Waals surface area contributed by atoms with E-state index in [-0.39, 0.29) is 18.0 Å². The smallest absolute Gasteiger partial charge is 0.161 e. The fourth-order valence-electron chi connectivity index (χ4n) is 2.11. The molecular formula is C12H25O2PS2. The van der Waals surface area contributed by atoms with Crippen LogP contribution in [0.5, 0.6) is 0 Å². The normalized spacial score (nSPS) is 39.3. The van der Waals surface area contributed by atoms with Gasteiger partial charge in [0.2, 0.25) is 0 Å². The molecule has 0 spiro atoms. The molecule has 0 radical (unpaired) electrons. The van der Waals surface area contributed by atoms with Crippen molar-refractivity contribution in [2.24, 2.45) is 17.8 Å².